The van der Waals surface area contributed by atoms with Crippen LogP contribution in [0.1, 0.15) is 17.8 Å². The molecule has 0 atom stereocenters. The fourth-order valence-corrected chi connectivity index (χ4v) is 2.09. The number of rotatable bonds is 4. The number of imidazole rings is 1. The van der Waals surface area contributed by atoms with Crippen LogP contribution in [0.15, 0.2) is 18.2 Å². The maximum atomic E-state index is 11.9. The summed E-state index contributed by atoms with van der Waals surface area (Å²) < 4.78 is 1.59. The van der Waals surface area contributed by atoms with Crippen molar-refractivity contribution in [1.29, 1.82) is 0 Å². The monoisotopic (exact) mass is 285 g/mol. The van der Waals surface area contributed by atoms with Crippen LogP contribution in [0.5, 0.6) is 0 Å². The first-order valence-corrected chi connectivity index (χ1v) is 6.61. The van der Waals surface area contributed by atoms with Crippen LogP contribution < -0.4 is 5.32 Å². The number of carbonyl (C=O) groups excluding carboxylic acids is 1. The SMILES string of the molecule is Cc1cccc2[nH]c(NC(=O)CCn3nnnc3C)nc12. The molecule has 0 fully saturated rings. The van der Waals surface area contributed by atoms with Gasteiger partial charge in [0.2, 0.25) is 11.9 Å². The summed E-state index contributed by atoms with van der Waals surface area (Å²) in [5.74, 6) is 1.00. The highest BCUT2D eigenvalue weighted by molar-refractivity contribution is 5.91. The molecule has 8 nitrogen and oxygen atoms in total. The van der Waals surface area contributed by atoms with Gasteiger partial charge in [0.05, 0.1) is 17.6 Å². The Bertz CT molecular complexity index is 789. The molecule has 108 valence electrons. The van der Waals surface area contributed by atoms with E-state index in [0.717, 1.165) is 16.6 Å². The third-order valence-electron chi connectivity index (χ3n) is 3.23. The molecule has 21 heavy (non-hydrogen) atoms. The van der Waals surface area contributed by atoms with Crippen molar-refractivity contribution in [3.63, 3.8) is 0 Å². The zero-order chi connectivity index (χ0) is 14.8. The third-order valence-corrected chi connectivity index (χ3v) is 3.23. The molecule has 3 aromatic rings. The molecular weight excluding hydrogens is 270 g/mol. The number of hydrogen-bond donors (Lipinski definition) is 2. The van der Waals surface area contributed by atoms with Crippen molar-refractivity contribution in [1.82, 2.24) is 30.2 Å². The largest absolute Gasteiger partial charge is 0.324 e. The number of fused-ring (bicyclic) bond motifs is 1. The lowest BCUT2D eigenvalue weighted by atomic mass is 10.2. The van der Waals surface area contributed by atoms with E-state index in [4.69, 9.17) is 0 Å². The molecule has 3 rings (SSSR count). The average Bonchev–Trinajstić information content (AvgIpc) is 3.03. The number of anilines is 1. The van der Waals surface area contributed by atoms with Gasteiger partial charge < -0.3 is 4.98 Å². The van der Waals surface area contributed by atoms with Crippen LogP contribution in [0.4, 0.5) is 5.95 Å². The van der Waals surface area contributed by atoms with Gasteiger partial charge in [-0.3, -0.25) is 10.1 Å². The molecule has 0 saturated carbocycles. The molecule has 2 aromatic heterocycles. The van der Waals surface area contributed by atoms with Crippen molar-refractivity contribution in [2.24, 2.45) is 0 Å². The first-order valence-electron chi connectivity index (χ1n) is 6.61. The second-order valence-electron chi connectivity index (χ2n) is 4.80. The predicted octanol–water partition coefficient (Wildman–Crippen LogP) is 1.20. The Morgan fingerprint density at radius 2 is 2.24 bits per heavy atom. The van der Waals surface area contributed by atoms with E-state index in [1.54, 1.807) is 11.6 Å². The number of amides is 1. The number of carbonyl (C=O) groups is 1. The average molecular weight is 285 g/mol. The number of nitrogens with zero attached hydrogens (tertiary/aromatic N) is 5. The molecule has 1 amide bonds. The minimum absolute atomic E-state index is 0.137. The minimum Gasteiger partial charge on any atom is -0.324 e. The van der Waals surface area contributed by atoms with Gasteiger partial charge in [0.15, 0.2) is 0 Å². The Morgan fingerprint density at radius 3 is 2.95 bits per heavy atom. The highest BCUT2D eigenvalue weighted by Gasteiger charge is 2.09. The first-order chi connectivity index (χ1) is 10.1. The number of aromatic nitrogens is 6. The summed E-state index contributed by atoms with van der Waals surface area (Å²) in [6, 6.07) is 5.85. The van der Waals surface area contributed by atoms with Crippen LogP contribution in [0.3, 0.4) is 0 Å². The zero-order valence-corrected chi connectivity index (χ0v) is 11.8. The van der Waals surface area contributed by atoms with Gasteiger partial charge in [0, 0.05) is 6.42 Å². The molecule has 8 heteroatoms. The Labute approximate surface area is 120 Å². The number of benzene rings is 1. The Hall–Kier alpha value is -2.77. The number of tetrazole rings is 1. The van der Waals surface area contributed by atoms with Gasteiger partial charge in [0.25, 0.3) is 0 Å². The van der Waals surface area contributed by atoms with Crippen LogP contribution in [0.2, 0.25) is 0 Å². The molecule has 0 bridgehead atoms. The molecule has 2 N–H and O–H groups in total. The van der Waals surface area contributed by atoms with Crippen LogP contribution in [-0.2, 0) is 11.3 Å². The number of nitrogens with one attached hydrogen (secondary N) is 2. The zero-order valence-electron chi connectivity index (χ0n) is 11.8. The molecule has 2 heterocycles. The topological polar surface area (TPSA) is 101 Å². The number of para-hydroxylation sites is 1. The number of aromatic amines is 1. The maximum absolute atomic E-state index is 11.9. The lowest BCUT2D eigenvalue weighted by Crippen LogP contribution is -2.16. The molecule has 0 saturated heterocycles. The normalized spacial score (nSPS) is 11.0. The summed E-state index contributed by atoms with van der Waals surface area (Å²) in [6.07, 6.45) is 0.280. The number of hydrogen-bond acceptors (Lipinski definition) is 5. The smallest absolute Gasteiger partial charge is 0.228 e. The molecular formula is C13H15N7O. The standard InChI is InChI=1S/C13H15N7O/c1-8-4-3-5-10-12(8)16-13(14-10)15-11(21)6-7-20-9(2)17-18-19-20/h3-5H,6-7H2,1-2H3,(H2,14,15,16,21). The second-order valence-corrected chi connectivity index (χ2v) is 4.80. The van der Waals surface area contributed by atoms with Crippen LogP contribution >= 0.6 is 0 Å². The number of H-pyrrole nitrogens is 1. The third kappa shape index (κ3) is 2.73. The van der Waals surface area contributed by atoms with Gasteiger partial charge in [-0.2, -0.15) is 0 Å². The van der Waals surface area contributed by atoms with E-state index < -0.39 is 0 Å². The van der Waals surface area contributed by atoms with Crippen LogP contribution in [0, 0.1) is 13.8 Å². The van der Waals surface area contributed by atoms with Crippen LogP contribution in [-0.4, -0.2) is 36.1 Å². The summed E-state index contributed by atoms with van der Waals surface area (Å²) in [5.41, 5.74) is 2.83. The molecule has 0 aliphatic heterocycles. The summed E-state index contributed by atoms with van der Waals surface area (Å²) in [5, 5.41) is 13.8. The Kier molecular flexibility index (Phi) is 3.35. The quantitative estimate of drug-likeness (QED) is 0.750. The van der Waals surface area contributed by atoms with Gasteiger partial charge >= 0.3 is 0 Å². The van der Waals surface area contributed by atoms with E-state index in [-0.39, 0.29) is 12.3 Å². The van der Waals surface area contributed by atoms with Crippen molar-refractivity contribution in [3.05, 3.63) is 29.6 Å². The number of aryl methyl sites for hydroxylation is 3. The lowest BCUT2D eigenvalue weighted by molar-refractivity contribution is -0.116. The van der Waals surface area contributed by atoms with E-state index in [1.807, 2.05) is 25.1 Å². The minimum atomic E-state index is -0.137. The van der Waals surface area contributed by atoms with Crippen LogP contribution in [0.25, 0.3) is 11.0 Å². The van der Waals surface area contributed by atoms with E-state index in [0.29, 0.717) is 18.3 Å². The van der Waals surface area contributed by atoms with Gasteiger partial charge in [0.1, 0.15) is 5.82 Å². The van der Waals surface area contributed by atoms with Gasteiger partial charge in [-0.15, -0.1) is 5.10 Å². The Morgan fingerprint density at radius 1 is 1.38 bits per heavy atom. The van der Waals surface area contributed by atoms with Crippen molar-refractivity contribution in [2.45, 2.75) is 26.8 Å². The van der Waals surface area contributed by atoms with Crippen molar-refractivity contribution >= 4 is 22.9 Å². The van der Waals surface area contributed by atoms with E-state index in [9.17, 15) is 4.79 Å². The lowest BCUT2D eigenvalue weighted by Gasteiger charge is -2.02. The molecule has 0 spiro atoms. The maximum Gasteiger partial charge on any atom is 0.228 e. The first kappa shape index (κ1) is 13.2. The van der Waals surface area contributed by atoms with E-state index in [2.05, 4.69) is 30.8 Å². The van der Waals surface area contributed by atoms with Gasteiger partial charge in [-0.05, 0) is 35.9 Å². The molecule has 0 radical (unpaired) electrons. The van der Waals surface area contributed by atoms with Crippen molar-refractivity contribution in [3.8, 4) is 0 Å². The van der Waals surface area contributed by atoms with Crippen molar-refractivity contribution in [2.75, 3.05) is 5.32 Å². The molecule has 1 aromatic carbocycles. The highest BCUT2D eigenvalue weighted by atomic mass is 16.1. The summed E-state index contributed by atoms with van der Waals surface area (Å²) in [4.78, 5) is 19.4. The highest BCUT2D eigenvalue weighted by Crippen LogP contribution is 2.17. The van der Waals surface area contributed by atoms with Gasteiger partial charge in [-0.25, -0.2) is 9.67 Å². The summed E-state index contributed by atoms with van der Waals surface area (Å²) >= 11 is 0. The Balaban J connectivity index is 1.66. The second kappa shape index (κ2) is 5.31. The van der Waals surface area contributed by atoms with E-state index in [1.165, 1.54) is 0 Å². The fourth-order valence-electron chi connectivity index (χ4n) is 2.09. The summed E-state index contributed by atoms with van der Waals surface area (Å²) in [7, 11) is 0. The van der Waals surface area contributed by atoms with Gasteiger partial charge in [-0.1, -0.05) is 12.1 Å². The molecule has 0 aliphatic carbocycles. The molecule has 0 aliphatic rings. The summed E-state index contributed by atoms with van der Waals surface area (Å²) in [6.45, 7) is 4.21. The van der Waals surface area contributed by atoms with E-state index >= 15 is 0 Å². The molecule has 0 unspecified atom stereocenters. The predicted molar refractivity (Wildman–Crippen MR) is 76.6 cm³/mol. The van der Waals surface area contributed by atoms with Crippen molar-refractivity contribution < 1.29 is 4.79 Å². The fraction of sp³-hybridized carbons (Fsp3) is 0.308.